The van der Waals surface area contributed by atoms with Gasteiger partial charge in [-0.25, -0.2) is 4.79 Å². The molecule has 2 unspecified atom stereocenters. The predicted octanol–water partition coefficient (Wildman–Crippen LogP) is 2.49. The number of carboxylic acid groups (broad SMARTS) is 1. The van der Waals surface area contributed by atoms with Crippen LogP contribution in [0.1, 0.15) is 45.3 Å². The first kappa shape index (κ1) is 16.3. The summed E-state index contributed by atoms with van der Waals surface area (Å²) in [4.78, 5) is 25.1. The van der Waals surface area contributed by atoms with Gasteiger partial charge in [-0.3, -0.25) is 9.48 Å². The molecule has 0 aromatic carbocycles. The van der Waals surface area contributed by atoms with Crippen molar-refractivity contribution < 1.29 is 14.7 Å². The summed E-state index contributed by atoms with van der Waals surface area (Å²) in [5, 5.41) is 16.4. The average Bonchev–Trinajstić information content (AvgIpc) is 3.04. The quantitative estimate of drug-likeness (QED) is 0.894. The van der Waals surface area contributed by atoms with E-state index in [-0.39, 0.29) is 18.6 Å². The van der Waals surface area contributed by atoms with E-state index in [1.807, 2.05) is 11.6 Å². The molecule has 0 spiro atoms. The van der Waals surface area contributed by atoms with Gasteiger partial charge in [0.25, 0.3) is 0 Å². The van der Waals surface area contributed by atoms with Crippen LogP contribution in [0.15, 0.2) is 6.20 Å². The number of likely N-dealkylation sites (tertiary alicyclic amines) is 1. The van der Waals surface area contributed by atoms with E-state index in [0.29, 0.717) is 18.7 Å². The molecule has 2 N–H and O–H groups in total. The molecule has 7 nitrogen and oxygen atoms in total. The molecule has 1 aliphatic rings. The Morgan fingerprint density at radius 1 is 1.55 bits per heavy atom. The molecule has 2 rings (SSSR count). The zero-order chi connectivity index (χ0) is 16.5. The first-order valence-electron chi connectivity index (χ1n) is 7.62. The number of nitrogens with one attached hydrogen (secondary N) is 1. The molecule has 122 valence electrons. The number of nitrogens with zero attached hydrogens (tertiary/aromatic N) is 3. The Bertz CT molecular complexity index is 583. The second-order valence-corrected chi connectivity index (χ2v) is 6.31. The number of hydrogen-bond donors (Lipinski definition) is 2. The molecule has 1 fully saturated rings. The Kier molecular flexibility index (Phi) is 4.44. The Morgan fingerprint density at radius 3 is 2.77 bits per heavy atom. The van der Waals surface area contributed by atoms with E-state index < -0.39 is 11.4 Å². The topological polar surface area (TPSA) is 87.5 Å². The fourth-order valence-electron chi connectivity index (χ4n) is 2.67. The molecule has 2 atom stereocenters. The van der Waals surface area contributed by atoms with Gasteiger partial charge in [0.15, 0.2) is 0 Å². The lowest BCUT2D eigenvalue weighted by Gasteiger charge is -2.20. The summed E-state index contributed by atoms with van der Waals surface area (Å²) in [7, 11) is 0. The Balaban J connectivity index is 2.05. The van der Waals surface area contributed by atoms with E-state index in [0.717, 1.165) is 12.1 Å². The Morgan fingerprint density at radius 2 is 2.23 bits per heavy atom. The van der Waals surface area contributed by atoms with Gasteiger partial charge >= 0.3 is 12.0 Å². The third-order valence-corrected chi connectivity index (χ3v) is 4.57. The van der Waals surface area contributed by atoms with E-state index in [1.54, 1.807) is 18.0 Å². The van der Waals surface area contributed by atoms with Crippen LogP contribution >= 0.6 is 0 Å². The SMILES string of the molecule is CCC(C)n1ncc(NC(=O)N2CCC(C)(C(=O)O)C2)c1C. The number of amides is 2. The van der Waals surface area contributed by atoms with Gasteiger partial charge in [0.1, 0.15) is 0 Å². The summed E-state index contributed by atoms with van der Waals surface area (Å²) in [6.07, 6.45) is 3.08. The smallest absolute Gasteiger partial charge is 0.321 e. The van der Waals surface area contributed by atoms with E-state index in [9.17, 15) is 14.7 Å². The molecule has 2 amide bonds. The standard InChI is InChI=1S/C15H24N4O3/c1-5-10(2)19-11(3)12(8-16-19)17-14(22)18-7-6-15(4,9-18)13(20)21/h8,10H,5-7,9H2,1-4H3,(H,17,22)(H,20,21). The summed E-state index contributed by atoms with van der Waals surface area (Å²) in [5.41, 5.74) is 0.727. The molecule has 1 aromatic heterocycles. The first-order chi connectivity index (χ1) is 10.3. The molecule has 1 aliphatic heterocycles. The summed E-state index contributed by atoms with van der Waals surface area (Å²) in [6, 6.07) is 0.00418. The Labute approximate surface area is 130 Å². The number of carbonyl (C=O) groups excluding carboxylic acids is 1. The molecule has 0 aliphatic carbocycles. The van der Waals surface area contributed by atoms with Gasteiger partial charge in [-0.15, -0.1) is 0 Å². The molecular weight excluding hydrogens is 284 g/mol. The van der Waals surface area contributed by atoms with Gasteiger partial charge in [0.2, 0.25) is 0 Å². The zero-order valence-corrected chi connectivity index (χ0v) is 13.6. The maximum absolute atomic E-state index is 12.3. The van der Waals surface area contributed by atoms with Crippen LogP contribution in [0, 0.1) is 12.3 Å². The lowest BCUT2D eigenvalue weighted by Crippen LogP contribution is -2.37. The van der Waals surface area contributed by atoms with Gasteiger partial charge in [0.05, 0.1) is 23.0 Å². The lowest BCUT2D eigenvalue weighted by molar-refractivity contribution is -0.146. The molecule has 7 heteroatoms. The highest BCUT2D eigenvalue weighted by Crippen LogP contribution is 2.30. The van der Waals surface area contributed by atoms with Crippen LogP contribution < -0.4 is 5.32 Å². The van der Waals surface area contributed by atoms with Crippen LogP contribution in [0.25, 0.3) is 0 Å². The molecule has 0 saturated carbocycles. The fourth-order valence-corrected chi connectivity index (χ4v) is 2.67. The van der Waals surface area contributed by atoms with Crippen LogP contribution in [0.2, 0.25) is 0 Å². The minimum Gasteiger partial charge on any atom is -0.481 e. The summed E-state index contributed by atoms with van der Waals surface area (Å²) >= 11 is 0. The van der Waals surface area contributed by atoms with E-state index in [2.05, 4.69) is 24.3 Å². The largest absolute Gasteiger partial charge is 0.481 e. The third kappa shape index (κ3) is 2.93. The second-order valence-electron chi connectivity index (χ2n) is 6.31. The van der Waals surface area contributed by atoms with Gasteiger partial charge in [0, 0.05) is 19.1 Å². The van der Waals surface area contributed by atoms with Crippen molar-refractivity contribution in [2.75, 3.05) is 18.4 Å². The van der Waals surface area contributed by atoms with E-state index in [4.69, 9.17) is 0 Å². The number of aliphatic carboxylic acids is 1. The van der Waals surface area contributed by atoms with Gasteiger partial charge in [-0.1, -0.05) is 6.92 Å². The minimum absolute atomic E-state index is 0.229. The van der Waals surface area contributed by atoms with Crippen molar-refractivity contribution in [3.63, 3.8) is 0 Å². The highest BCUT2D eigenvalue weighted by molar-refractivity contribution is 5.90. The van der Waals surface area contributed by atoms with Crippen molar-refractivity contribution in [2.45, 2.75) is 46.6 Å². The minimum atomic E-state index is -0.858. The number of anilines is 1. The second kappa shape index (κ2) is 5.98. The van der Waals surface area contributed by atoms with Crippen molar-refractivity contribution in [3.8, 4) is 0 Å². The number of hydrogen-bond acceptors (Lipinski definition) is 3. The van der Waals surface area contributed by atoms with Crippen LogP contribution in [0.5, 0.6) is 0 Å². The fraction of sp³-hybridized carbons (Fsp3) is 0.667. The highest BCUT2D eigenvalue weighted by Gasteiger charge is 2.42. The highest BCUT2D eigenvalue weighted by atomic mass is 16.4. The van der Waals surface area contributed by atoms with E-state index in [1.165, 1.54) is 0 Å². The summed E-state index contributed by atoms with van der Waals surface area (Å²) < 4.78 is 1.89. The van der Waals surface area contributed by atoms with Gasteiger partial charge in [-0.05, 0) is 33.6 Å². The monoisotopic (exact) mass is 308 g/mol. The summed E-state index contributed by atoms with van der Waals surface area (Å²) in [5.74, 6) is -0.858. The van der Waals surface area contributed by atoms with Gasteiger partial charge in [-0.2, -0.15) is 5.10 Å². The van der Waals surface area contributed by atoms with Crippen molar-refractivity contribution in [3.05, 3.63) is 11.9 Å². The molecule has 1 aromatic rings. The van der Waals surface area contributed by atoms with Crippen molar-refractivity contribution in [2.24, 2.45) is 5.41 Å². The van der Waals surface area contributed by atoms with Crippen molar-refractivity contribution >= 4 is 17.7 Å². The maximum Gasteiger partial charge on any atom is 0.321 e. The van der Waals surface area contributed by atoms with Crippen LogP contribution in [0.3, 0.4) is 0 Å². The van der Waals surface area contributed by atoms with Crippen molar-refractivity contribution in [1.82, 2.24) is 14.7 Å². The normalized spacial score (nSPS) is 22.6. The van der Waals surface area contributed by atoms with Crippen LogP contribution in [0.4, 0.5) is 10.5 Å². The number of carboxylic acids is 1. The molecule has 22 heavy (non-hydrogen) atoms. The predicted molar refractivity (Wildman–Crippen MR) is 82.9 cm³/mol. The summed E-state index contributed by atoms with van der Waals surface area (Å²) in [6.45, 7) is 8.43. The number of rotatable bonds is 4. The molecule has 0 radical (unpaired) electrons. The van der Waals surface area contributed by atoms with Gasteiger partial charge < -0.3 is 15.3 Å². The zero-order valence-electron chi connectivity index (χ0n) is 13.6. The molecule has 1 saturated heterocycles. The number of urea groups is 1. The number of carbonyl (C=O) groups is 2. The first-order valence-corrected chi connectivity index (χ1v) is 7.62. The van der Waals surface area contributed by atoms with E-state index >= 15 is 0 Å². The lowest BCUT2D eigenvalue weighted by atomic mass is 9.90. The number of aromatic nitrogens is 2. The van der Waals surface area contributed by atoms with Crippen LogP contribution in [-0.2, 0) is 4.79 Å². The third-order valence-electron chi connectivity index (χ3n) is 4.57. The van der Waals surface area contributed by atoms with Crippen LogP contribution in [-0.4, -0.2) is 44.9 Å². The molecule has 0 bridgehead atoms. The Hall–Kier alpha value is -2.05. The van der Waals surface area contributed by atoms with Crippen molar-refractivity contribution in [1.29, 1.82) is 0 Å². The molecular formula is C15H24N4O3. The maximum atomic E-state index is 12.3. The average molecular weight is 308 g/mol. The molecule has 2 heterocycles.